The molecule has 0 atom stereocenters. The van der Waals surface area contributed by atoms with Gasteiger partial charge in [-0.1, -0.05) is 6.42 Å². The van der Waals surface area contributed by atoms with Crippen molar-refractivity contribution in [3.63, 3.8) is 0 Å². The van der Waals surface area contributed by atoms with Crippen molar-refractivity contribution in [1.29, 1.82) is 0 Å². The molecule has 2 nitrogen and oxygen atoms in total. The van der Waals surface area contributed by atoms with Gasteiger partial charge in [0.15, 0.2) is 0 Å². The van der Waals surface area contributed by atoms with E-state index in [1.54, 1.807) is 0 Å². The maximum atomic E-state index is 3.83. The van der Waals surface area contributed by atoms with Gasteiger partial charge < -0.3 is 10.2 Å². The normalized spacial score (nSPS) is 26.1. The Balaban J connectivity index is 1.68. The summed E-state index contributed by atoms with van der Waals surface area (Å²) in [6, 6.07) is 1.50. The molecule has 0 aromatic carbocycles. The van der Waals surface area contributed by atoms with Crippen LogP contribution in [0.15, 0.2) is 0 Å². The fourth-order valence-electron chi connectivity index (χ4n) is 2.97. The number of hydrogen-bond acceptors (Lipinski definition) is 3. The summed E-state index contributed by atoms with van der Waals surface area (Å²) in [4.78, 5) is 2.60. The highest BCUT2D eigenvalue weighted by Gasteiger charge is 2.36. The zero-order valence-corrected chi connectivity index (χ0v) is 12.5. The zero-order chi connectivity index (χ0) is 12.3. The maximum absolute atomic E-state index is 3.83. The Morgan fingerprint density at radius 3 is 2.35 bits per heavy atom. The average Bonchev–Trinajstić information content (AvgIpc) is 2.29. The predicted octanol–water partition coefficient (Wildman–Crippen LogP) is 2.73. The van der Waals surface area contributed by atoms with Crippen molar-refractivity contribution < 1.29 is 0 Å². The van der Waals surface area contributed by atoms with Gasteiger partial charge in [-0.15, -0.1) is 0 Å². The van der Waals surface area contributed by atoms with Crippen LogP contribution in [0.3, 0.4) is 0 Å². The first-order valence-electron chi connectivity index (χ1n) is 7.18. The molecule has 0 aromatic rings. The SMILES string of the molecule is CSC1(CNC2CCN(C(C)C)CC2)CCC1. The molecule has 3 heteroatoms. The molecule has 0 bridgehead atoms. The van der Waals surface area contributed by atoms with E-state index < -0.39 is 0 Å². The summed E-state index contributed by atoms with van der Waals surface area (Å²) in [6.07, 6.45) is 9.24. The third-order valence-corrected chi connectivity index (χ3v) is 6.09. The molecule has 0 amide bonds. The summed E-state index contributed by atoms with van der Waals surface area (Å²) in [7, 11) is 0. The summed E-state index contributed by atoms with van der Waals surface area (Å²) >= 11 is 2.08. The lowest BCUT2D eigenvalue weighted by atomic mass is 9.84. The van der Waals surface area contributed by atoms with Crippen LogP contribution >= 0.6 is 11.8 Å². The van der Waals surface area contributed by atoms with Crippen LogP contribution in [0.5, 0.6) is 0 Å². The summed E-state index contributed by atoms with van der Waals surface area (Å²) in [5.41, 5.74) is 0. The molecule has 1 heterocycles. The van der Waals surface area contributed by atoms with E-state index >= 15 is 0 Å². The van der Waals surface area contributed by atoms with Crippen LogP contribution in [-0.2, 0) is 0 Å². The van der Waals surface area contributed by atoms with Gasteiger partial charge in [0.2, 0.25) is 0 Å². The van der Waals surface area contributed by atoms with E-state index in [4.69, 9.17) is 0 Å². The first-order valence-corrected chi connectivity index (χ1v) is 8.40. The Bertz CT molecular complexity index is 225. The molecule has 100 valence electrons. The fraction of sp³-hybridized carbons (Fsp3) is 1.00. The molecular formula is C14H28N2S. The molecule has 0 aromatic heterocycles. The van der Waals surface area contributed by atoms with Crippen molar-refractivity contribution in [2.45, 2.75) is 62.8 Å². The Hall–Kier alpha value is 0.270. The van der Waals surface area contributed by atoms with E-state index in [1.165, 1.54) is 51.7 Å². The molecular weight excluding hydrogens is 228 g/mol. The number of nitrogens with one attached hydrogen (secondary N) is 1. The Morgan fingerprint density at radius 1 is 1.29 bits per heavy atom. The van der Waals surface area contributed by atoms with Crippen molar-refractivity contribution in [3.8, 4) is 0 Å². The van der Waals surface area contributed by atoms with Gasteiger partial charge in [0.05, 0.1) is 0 Å². The van der Waals surface area contributed by atoms with Crippen molar-refractivity contribution in [1.82, 2.24) is 10.2 Å². The highest BCUT2D eigenvalue weighted by atomic mass is 32.2. The number of nitrogens with zero attached hydrogens (tertiary/aromatic N) is 1. The first-order chi connectivity index (χ1) is 8.15. The first kappa shape index (κ1) is 13.7. The minimum absolute atomic E-state index is 0.592. The second-order valence-corrected chi connectivity index (χ2v) is 7.30. The molecule has 0 radical (unpaired) electrons. The maximum Gasteiger partial charge on any atom is 0.0281 e. The van der Waals surface area contributed by atoms with Gasteiger partial charge in [0, 0.05) is 23.4 Å². The minimum atomic E-state index is 0.592. The fourth-order valence-corrected chi connectivity index (χ4v) is 3.90. The van der Waals surface area contributed by atoms with Crippen molar-refractivity contribution in [2.24, 2.45) is 0 Å². The standard InChI is InChI=1S/C14H28N2S/c1-12(2)16-9-5-13(6-10-16)15-11-14(17-3)7-4-8-14/h12-13,15H,4-11H2,1-3H3. The number of rotatable bonds is 5. The number of hydrogen-bond donors (Lipinski definition) is 1. The Labute approximate surface area is 111 Å². The smallest absolute Gasteiger partial charge is 0.0281 e. The minimum Gasteiger partial charge on any atom is -0.313 e. The Kier molecular flexibility index (Phi) is 4.79. The van der Waals surface area contributed by atoms with Crippen LogP contribution in [-0.4, -0.2) is 47.6 Å². The summed E-state index contributed by atoms with van der Waals surface area (Å²) < 4.78 is 0.592. The molecule has 1 N–H and O–H groups in total. The summed E-state index contributed by atoms with van der Waals surface area (Å²) in [5, 5.41) is 3.83. The molecule has 2 aliphatic rings. The predicted molar refractivity (Wildman–Crippen MR) is 77.8 cm³/mol. The third-order valence-electron chi connectivity index (χ3n) is 4.67. The second-order valence-electron chi connectivity index (χ2n) is 6.03. The van der Waals surface area contributed by atoms with Crippen LogP contribution in [0.1, 0.15) is 46.0 Å². The van der Waals surface area contributed by atoms with Gasteiger partial charge in [-0.25, -0.2) is 0 Å². The van der Waals surface area contributed by atoms with Crippen LogP contribution < -0.4 is 5.32 Å². The average molecular weight is 256 g/mol. The van der Waals surface area contributed by atoms with E-state index in [0.29, 0.717) is 4.75 Å². The van der Waals surface area contributed by atoms with Crippen molar-refractivity contribution in [3.05, 3.63) is 0 Å². The highest BCUT2D eigenvalue weighted by Crippen LogP contribution is 2.42. The van der Waals surface area contributed by atoms with Gasteiger partial charge in [-0.3, -0.25) is 0 Å². The van der Waals surface area contributed by atoms with Crippen LogP contribution in [0.4, 0.5) is 0 Å². The van der Waals surface area contributed by atoms with E-state index in [9.17, 15) is 0 Å². The van der Waals surface area contributed by atoms with E-state index in [0.717, 1.165) is 12.1 Å². The number of piperidine rings is 1. The lowest BCUT2D eigenvalue weighted by Gasteiger charge is -2.43. The second kappa shape index (κ2) is 5.94. The molecule has 1 aliphatic carbocycles. The van der Waals surface area contributed by atoms with Gasteiger partial charge in [-0.05, 0) is 58.9 Å². The lowest BCUT2D eigenvalue weighted by molar-refractivity contribution is 0.157. The van der Waals surface area contributed by atoms with Crippen molar-refractivity contribution in [2.75, 3.05) is 25.9 Å². The highest BCUT2D eigenvalue weighted by molar-refractivity contribution is 8.00. The van der Waals surface area contributed by atoms with Gasteiger partial charge in [-0.2, -0.15) is 11.8 Å². The number of likely N-dealkylation sites (tertiary alicyclic amines) is 1. The topological polar surface area (TPSA) is 15.3 Å². The van der Waals surface area contributed by atoms with E-state index in [2.05, 4.69) is 42.1 Å². The molecule has 1 saturated heterocycles. The third kappa shape index (κ3) is 3.39. The zero-order valence-electron chi connectivity index (χ0n) is 11.7. The van der Waals surface area contributed by atoms with Crippen LogP contribution in [0, 0.1) is 0 Å². The van der Waals surface area contributed by atoms with Crippen LogP contribution in [0.25, 0.3) is 0 Å². The van der Waals surface area contributed by atoms with Crippen molar-refractivity contribution >= 4 is 11.8 Å². The van der Waals surface area contributed by atoms with E-state index in [-0.39, 0.29) is 0 Å². The van der Waals surface area contributed by atoms with E-state index in [1.807, 2.05) is 0 Å². The molecule has 0 spiro atoms. The van der Waals surface area contributed by atoms with Gasteiger partial charge in [0.25, 0.3) is 0 Å². The van der Waals surface area contributed by atoms with Gasteiger partial charge >= 0.3 is 0 Å². The summed E-state index contributed by atoms with van der Waals surface area (Å²) in [6.45, 7) is 8.42. The molecule has 1 aliphatic heterocycles. The molecule has 2 fully saturated rings. The molecule has 17 heavy (non-hydrogen) atoms. The quantitative estimate of drug-likeness (QED) is 0.814. The Morgan fingerprint density at radius 2 is 1.94 bits per heavy atom. The number of thioether (sulfide) groups is 1. The lowest BCUT2D eigenvalue weighted by Crippen LogP contribution is -2.50. The summed E-state index contributed by atoms with van der Waals surface area (Å²) in [5.74, 6) is 0. The molecule has 2 rings (SSSR count). The van der Waals surface area contributed by atoms with Crippen LogP contribution in [0.2, 0.25) is 0 Å². The molecule has 1 saturated carbocycles. The monoisotopic (exact) mass is 256 g/mol. The van der Waals surface area contributed by atoms with Gasteiger partial charge in [0.1, 0.15) is 0 Å². The largest absolute Gasteiger partial charge is 0.313 e. The molecule has 0 unspecified atom stereocenters.